The number of hydrogen-bond acceptors (Lipinski definition) is 4. The van der Waals surface area contributed by atoms with E-state index in [1.807, 2.05) is 11.8 Å². The average Bonchev–Trinajstić information content (AvgIpc) is 3.06. The molecule has 30 heavy (non-hydrogen) atoms. The van der Waals surface area contributed by atoms with Gasteiger partial charge in [-0.1, -0.05) is 31.2 Å². The van der Waals surface area contributed by atoms with Crippen molar-refractivity contribution in [2.45, 2.75) is 51.0 Å². The summed E-state index contributed by atoms with van der Waals surface area (Å²) in [6.45, 7) is 6.39. The summed E-state index contributed by atoms with van der Waals surface area (Å²) in [5.74, 6) is -3.76. The van der Waals surface area contributed by atoms with Gasteiger partial charge in [-0.3, -0.25) is 9.69 Å². The van der Waals surface area contributed by atoms with Gasteiger partial charge in [0.05, 0.1) is 17.5 Å². The van der Waals surface area contributed by atoms with Crippen molar-refractivity contribution in [2.24, 2.45) is 0 Å². The van der Waals surface area contributed by atoms with E-state index in [4.69, 9.17) is 11.6 Å². The molecule has 166 valence electrons. The number of thiazole rings is 1. The van der Waals surface area contributed by atoms with Crippen molar-refractivity contribution in [3.8, 4) is 0 Å². The first-order valence-electron chi connectivity index (χ1n) is 9.90. The van der Waals surface area contributed by atoms with Crippen molar-refractivity contribution in [3.05, 3.63) is 51.7 Å². The van der Waals surface area contributed by atoms with Gasteiger partial charge in [-0.25, -0.2) is 18.2 Å². The van der Waals surface area contributed by atoms with Crippen LogP contribution in [0.25, 0.3) is 0 Å². The van der Waals surface area contributed by atoms with Crippen LogP contribution < -0.4 is 5.32 Å². The van der Waals surface area contributed by atoms with Crippen LogP contribution in [-0.2, 0) is 11.2 Å². The first-order chi connectivity index (χ1) is 14.2. The van der Waals surface area contributed by atoms with Gasteiger partial charge < -0.3 is 5.32 Å². The van der Waals surface area contributed by atoms with E-state index in [1.165, 1.54) is 23.5 Å². The monoisotopic (exact) mass is 461 g/mol. The van der Waals surface area contributed by atoms with Gasteiger partial charge in [0.1, 0.15) is 5.83 Å². The van der Waals surface area contributed by atoms with Gasteiger partial charge in [-0.2, -0.15) is 0 Å². The van der Waals surface area contributed by atoms with Crippen LogP contribution in [0.3, 0.4) is 0 Å². The van der Waals surface area contributed by atoms with Crippen LogP contribution in [0.5, 0.6) is 0 Å². The third-order valence-electron chi connectivity index (χ3n) is 4.77. The van der Waals surface area contributed by atoms with Crippen molar-refractivity contribution >= 4 is 28.8 Å². The van der Waals surface area contributed by atoms with Gasteiger partial charge in [0.25, 0.3) is 0 Å². The Morgan fingerprint density at radius 1 is 1.47 bits per heavy atom. The second-order valence-electron chi connectivity index (χ2n) is 7.17. The lowest BCUT2D eigenvalue weighted by Crippen LogP contribution is -2.38. The van der Waals surface area contributed by atoms with Crippen LogP contribution in [0.4, 0.5) is 13.2 Å². The minimum absolute atomic E-state index is 0.135. The Bertz CT molecular complexity index is 794. The van der Waals surface area contributed by atoms with Gasteiger partial charge >= 0.3 is 0 Å². The molecule has 0 saturated carbocycles. The largest absolute Gasteiger partial charge is 0.354 e. The third-order valence-corrected chi connectivity index (χ3v) is 6.14. The average molecular weight is 462 g/mol. The Morgan fingerprint density at radius 2 is 2.23 bits per heavy atom. The highest BCUT2D eigenvalue weighted by Gasteiger charge is 2.34. The molecule has 0 aliphatic carbocycles. The molecule has 1 amide bonds. The molecule has 1 saturated heterocycles. The molecule has 9 heteroatoms. The quantitative estimate of drug-likeness (QED) is 0.491. The van der Waals surface area contributed by atoms with Crippen LogP contribution in [0.1, 0.15) is 48.5 Å². The van der Waals surface area contributed by atoms with Crippen molar-refractivity contribution < 1.29 is 18.0 Å². The van der Waals surface area contributed by atoms with Gasteiger partial charge in [0.15, 0.2) is 0 Å². The zero-order valence-corrected chi connectivity index (χ0v) is 18.5. The molecule has 1 fully saturated rings. The number of rotatable bonds is 9. The van der Waals surface area contributed by atoms with E-state index in [0.717, 1.165) is 22.4 Å². The first kappa shape index (κ1) is 24.6. The van der Waals surface area contributed by atoms with Gasteiger partial charge in [0, 0.05) is 42.0 Å². The van der Waals surface area contributed by atoms with Crippen LogP contribution in [0.15, 0.2) is 41.9 Å². The minimum atomic E-state index is -2.67. The van der Waals surface area contributed by atoms with Crippen molar-refractivity contribution in [1.29, 1.82) is 0 Å². The molecule has 1 atom stereocenters. The summed E-state index contributed by atoms with van der Waals surface area (Å²) in [7, 11) is 0. The summed E-state index contributed by atoms with van der Waals surface area (Å²) in [5.41, 5.74) is 0. The van der Waals surface area contributed by atoms with Crippen LogP contribution in [-0.4, -0.2) is 41.3 Å². The smallest absolute Gasteiger partial charge is 0.249 e. The Hall–Kier alpha value is -1.64. The summed E-state index contributed by atoms with van der Waals surface area (Å²) >= 11 is 7.07. The van der Waals surface area contributed by atoms with Gasteiger partial charge in [-0.05, 0) is 31.5 Å². The number of aryl methyl sites for hydroxylation is 1. The summed E-state index contributed by atoms with van der Waals surface area (Å²) in [6, 6.07) is -0.271. The van der Waals surface area contributed by atoms with Crippen molar-refractivity contribution in [3.63, 3.8) is 0 Å². The zero-order valence-electron chi connectivity index (χ0n) is 17.0. The number of halogens is 4. The topological polar surface area (TPSA) is 45.2 Å². The van der Waals surface area contributed by atoms with Gasteiger partial charge in [-0.15, -0.1) is 11.3 Å². The predicted molar refractivity (Wildman–Crippen MR) is 116 cm³/mol. The molecule has 0 spiro atoms. The molecule has 1 unspecified atom stereocenters. The number of nitrogens with zero attached hydrogens (tertiary/aromatic N) is 2. The normalized spacial score (nSPS) is 18.9. The number of alkyl halides is 2. The van der Waals surface area contributed by atoms with E-state index in [9.17, 15) is 18.0 Å². The number of likely N-dealkylation sites (tertiary alicyclic amines) is 1. The van der Waals surface area contributed by atoms with Crippen LogP contribution >= 0.6 is 22.9 Å². The highest BCUT2D eigenvalue weighted by Crippen LogP contribution is 2.33. The molecule has 0 radical (unpaired) electrons. The highest BCUT2D eigenvalue weighted by molar-refractivity contribution is 7.11. The maximum atomic E-state index is 13.9. The number of amides is 1. The molecule has 1 aromatic rings. The van der Waals surface area contributed by atoms with E-state index in [-0.39, 0.29) is 37.0 Å². The van der Waals surface area contributed by atoms with Crippen LogP contribution in [0, 0.1) is 0 Å². The van der Waals surface area contributed by atoms with Crippen molar-refractivity contribution in [1.82, 2.24) is 15.2 Å². The molecule has 0 bridgehead atoms. The van der Waals surface area contributed by atoms with E-state index in [0.29, 0.717) is 13.0 Å². The fourth-order valence-electron chi connectivity index (χ4n) is 3.19. The maximum Gasteiger partial charge on any atom is 0.249 e. The number of allylic oxidation sites excluding steroid dienone is 4. The Kier molecular flexibility index (Phi) is 9.58. The lowest BCUT2D eigenvalue weighted by atomic mass is 10.1. The molecule has 1 aromatic heterocycles. The lowest BCUT2D eigenvalue weighted by Gasteiger charge is -2.30. The maximum absolute atomic E-state index is 13.9. The summed E-state index contributed by atoms with van der Waals surface area (Å²) in [4.78, 5) is 19.4. The molecule has 1 aliphatic rings. The predicted octanol–water partition coefficient (Wildman–Crippen LogP) is 5.54. The van der Waals surface area contributed by atoms with E-state index in [1.54, 1.807) is 6.20 Å². The Balaban J connectivity index is 2.04. The summed E-state index contributed by atoms with van der Waals surface area (Å²) < 4.78 is 41.5. The molecule has 0 aromatic carbocycles. The number of carbonyl (C=O) groups is 1. The highest BCUT2D eigenvalue weighted by atomic mass is 35.5. The Morgan fingerprint density at radius 3 is 2.90 bits per heavy atom. The zero-order chi connectivity index (χ0) is 22.1. The molecule has 1 N–H and O–H groups in total. The molecular weight excluding hydrogens is 435 g/mol. The van der Waals surface area contributed by atoms with E-state index < -0.39 is 24.1 Å². The third kappa shape index (κ3) is 8.24. The fraction of sp³-hybridized carbons (Fsp3) is 0.524. The lowest BCUT2D eigenvalue weighted by molar-refractivity contribution is -0.121. The second-order valence-corrected chi connectivity index (χ2v) is 8.80. The van der Waals surface area contributed by atoms with Crippen molar-refractivity contribution in [2.75, 3.05) is 19.6 Å². The second kappa shape index (κ2) is 11.7. The number of hydrogen-bond donors (Lipinski definition) is 1. The van der Waals surface area contributed by atoms with E-state index in [2.05, 4.69) is 16.9 Å². The molecule has 2 heterocycles. The standard InChI is InChI=1S/C21H27ClF3N3OS/c1-3-20-27-14-18(30-20)17(28-10-5-8-21(24,25)9-11-28)13-26-19(29)12-16(23)7-4-6-15(2)22/h4,6-7,14,17H,2-3,5,8-13H2,1H3,(H,26,29)/b6-4-,16-7+. The number of aromatic nitrogens is 1. The number of carbonyl (C=O) groups excluding carboxylic acids is 1. The molecule has 1 aliphatic heterocycles. The molecule has 2 rings (SSSR count). The first-order valence-corrected chi connectivity index (χ1v) is 11.1. The van der Waals surface area contributed by atoms with Gasteiger partial charge in [0.2, 0.25) is 11.8 Å². The SMILES string of the molecule is C=C(Cl)/C=C\C=C(\F)CC(=O)NCC(c1cnc(CC)s1)N1CCCC(F)(F)CC1. The summed E-state index contributed by atoms with van der Waals surface area (Å²) in [5, 5.41) is 3.94. The fourth-order valence-corrected chi connectivity index (χ4v) is 4.26. The van der Waals surface area contributed by atoms with Crippen LogP contribution in [0.2, 0.25) is 0 Å². The van der Waals surface area contributed by atoms with E-state index >= 15 is 0 Å². The Labute approximate surface area is 184 Å². The number of nitrogens with one attached hydrogen (secondary N) is 1. The molecule has 4 nitrogen and oxygen atoms in total. The summed E-state index contributed by atoms with van der Waals surface area (Å²) in [6.07, 6.45) is 6.09. The minimum Gasteiger partial charge on any atom is -0.354 e. The molecular formula is C21H27ClF3N3OS.